The van der Waals surface area contributed by atoms with E-state index >= 15 is 0 Å². The summed E-state index contributed by atoms with van der Waals surface area (Å²) in [5, 5.41) is 7.77. The molecule has 0 spiro atoms. The van der Waals surface area contributed by atoms with Crippen molar-refractivity contribution in [1.82, 2.24) is 9.78 Å². The van der Waals surface area contributed by atoms with Crippen molar-refractivity contribution >= 4 is 17.4 Å². The molecule has 1 aliphatic heterocycles. The zero-order chi connectivity index (χ0) is 10.5. The maximum atomic E-state index is 4.30. The molecule has 1 aromatic heterocycles. The van der Waals surface area contributed by atoms with Crippen molar-refractivity contribution in [1.29, 1.82) is 0 Å². The van der Waals surface area contributed by atoms with Crippen molar-refractivity contribution in [3.63, 3.8) is 0 Å². The lowest BCUT2D eigenvalue weighted by atomic mass is 10.1. The van der Waals surface area contributed by atoms with E-state index in [4.69, 9.17) is 0 Å². The first kappa shape index (κ1) is 10.9. The molecule has 84 valence electrons. The van der Waals surface area contributed by atoms with E-state index in [-0.39, 0.29) is 0 Å². The first-order valence-corrected chi connectivity index (χ1v) is 6.88. The number of nitrogens with zero attached hydrogens (tertiary/aromatic N) is 2. The lowest BCUT2D eigenvalue weighted by molar-refractivity contribution is 0.602. The van der Waals surface area contributed by atoms with Gasteiger partial charge in [-0.25, -0.2) is 0 Å². The first-order valence-electron chi connectivity index (χ1n) is 5.72. The molecule has 1 aliphatic rings. The Kier molecular flexibility index (Phi) is 3.94. The summed E-state index contributed by atoms with van der Waals surface area (Å²) in [6.45, 7) is 4.29. The van der Waals surface area contributed by atoms with Crippen molar-refractivity contribution in [2.45, 2.75) is 26.3 Å². The lowest BCUT2D eigenvalue weighted by Gasteiger charge is -2.08. The van der Waals surface area contributed by atoms with Crippen molar-refractivity contribution in [3.05, 3.63) is 12.4 Å². The van der Waals surface area contributed by atoms with Crippen molar-refractivity contribution in [3.8, 4) is 0 Å². The number of anilines is 1. The van der Waals surface area contributed by atoms with Crippen LogP contribution in [0.3, 0.4) is 0 Å². The second-order valence-corrected chi connectivity index (χ2v) is 5.25. The van der Waals surface area contributed by atoms with E-state index < -0.39 is 0 Å². The van der Waals surface area contributed by atoms with Crippen molar-refractivity contribution < 1.29 is 0 Å². The molecule has 1 fully saturated rings. The monoisotopic (exact) mass is 225 g/mol. The highest BCUT2D eigenvalue weighted by atomic mass is 32.2. The molecule has 15 heavy (non-hydrogen) atoms. The molecule has 1 aromatic rings. The van der Waals surface area contributed by atoms with Gasteiger partial charge in [-0.2, -0.15) is 16.9 Å². The van der Waals surface area contributed by atoms with Gasteiger partial charge in [-0.15, -0.1) is 0 Å². The summed E-state index contributed by atoms with van der Waals surface area (Å²) in [5.74, 6) is 3.50. The molecule has 2 heterocycles. The van der Waals surface area contributed by atoms with Crippen LogP contribution < -0.4 is 5.32 Å². The number of nitrogens with one attached hydrogen (secondary N) is 1. The predicted octanol–water partition coefficient (Wildman–Crippen LogP) is 2.46. The van der Waals surface area contributed by atoms with Crippen LogP contribution in [-0.2, 0) is 6.54 Å². The number of aromatic nitrogens is 2. The summed E-state index contributed by atoms with van der Waals surface area (Å²) in [6.07, 6.45) is 6.53. The van der Waals surface area contributed by atoms with E-state index in [1.54, 1.807) is 0 Å². The smallest absolute Gasteiger partial charge is 0.0726 e. The van der Waals surface area contributed by atoms with Crippen molar-refractivity contribution in [2.24, 2.45) is 5.92 Å². The van der Waals surface area contributed by atoms with Gasteiger partial charge in [0.1, 0.15) is 0 Å². The Morgan fingerprint density at radius 3 is 3.33 bits per heavy atom. The van der Waals surface area contributed by atoms with Gasteiger partial charge < -0.3 is 5.32 Å². The van der Waals surface area contributed by atoms with Gasteiger partial charge in [0, 0.05) is 19.3 Å². The third kappa shape index (κ3) is 3.16. The summed E-state index contributed by atoms with van der Waals surface area (Å²) >= 11 is 2.07. The highest BCUT2D eigenvalue weighted by Crippen LogP contribution is 2.23. The minimum absolute atomic E-state index is 0.851. The summed E-state index contributed by atoms with van der Waals surface area (Å²) in [7, 11) is 0. The van der Waals surface area contributed by atoms with Gasteiger partial charge in [0.25, 0.3) is 0 Å². The molecule has 4 heteroatoms. The summed E-state index contributed by atoms with van der Waals surface area (Å²) < 4.78 is 2.01. The van der Waals surface area contributed by atoms with Crippen LogP contribution in [-0.4, -0.2) is 27.8 Å². The fourth-order valence-electron chi connectivity index (χ4n) is 1.81. The molecular weight excluding hydrogens is 206 g/mol. The molecule has 0 saturated carbocycles. The Bertz CT molecular complexity index is 292. The SMILES string of the molecule is CCCn1cc(NC[C@H]2CCSC2)cn1. The Hall–Kier alpha value is -0.640. The standard InChI is InChI=1S/C11H19N3S/c1-2-4-14-8-11(7-13-14)12-6-10-3-5-15-9-10/h7-8,10,12H,2-6,9H2,1H3/t10-/m1/s1. The van der Waals surface area contributed by atoms with E-state index in [0.717, 1.165) is 25.4 Å². The number of aryl methyl sites for hydroxylation is 1. The van der Waals surface area contributed by atoms with E-state index in [1.165, 1.54) is 23.6 Å². The molecule has 1 N–H and O–H groups in total. The van der Waals surface area contributed by atoms with Crippen LogP contribution in [0.15, 0.2) is 12.4 Å². The summed E-state index contributed by atoms with van der Waals surface area (Å²) in [6, 6.07) is 0. The Morgan fingerprint density at radius 1 is 1.67 bits per heavy atom. The maximum Gasteiger partial charge on any atom is 0.0726 e. The van der Waals surface area contributed by atoms with E-state index in [2.05, 4.69) is 35.3 Å². The van der Waals surface area contributed by atoms with Gasteiger partial charge in [0.15, 0.2) is 0 Å². The normalized spacial score (nSPS) is 20.7. The molecule has 2 rings (SSSR count). The molecule has 0 bridgehead atoms. The number of thioether (sulfide) groups is 1. The average Bonchev–Trinajstić information content (AvgIpc) is 2.85. The van der Waals surface area contributed by atoms with E-state index in [1.807, 2.05) is 10.9 Å². The number of hydrogen-bond donors (Lipinski definition) is 1. The maximum absolute atomic E-state index is 4.30. The quantitative estimate of drug-likeness (QED) is 0.835. The fourth-order valence-corrected chi connectivity index (χ4v) is 3.10. The average molecular weight is 225 g/mol. The fraction of sp³-hybridized carbons (Fsp3) is 0.727. The van der Waals surface area contributed by atoms with Crippen LogP contribution in [0.25, 0.3) is 0 Å². The third-order valence-electron chi connectivity index (χ3n) is 2.70. The molecule has 1 atom stereocenters. The Morgan fingerprint density at radius 2 is 2.60 bits per heavy atom. The molecule has 3 nitrogen and oxygen atoms in total. The van der Waals surface area contributed by atoms with Crippen molar-refractivity contribution in [2.75, 3.05) is 23.4 Å². The number of rotatable bonds is 5. The summed E-state index contributed by atoms with van der Waals surface area (Å²) in [4.78, 5) is 0. The minimum Gasteiger partial charge on any atom is -0.382 e. The van der Waals surface area contributed by atoms with Gasteiger partial charge in [0.05, 0.1) is 11.9 Å². The second kappa shape index (κ2) is 5.45. The van der Waals surface area contributed by atoms with Crippen LogP contribution in [0.2, 0.25) is 0 Å². The van der Waals surface area contributed by atoms with Gasteiger partial charge in [-0.1, -0.05) is 6.92 Å². The molecule has 0 unspecified atom stereocenters. The Labute approximate surface area is 95.6 Å². The second-order valence-electron chi connectivity index (χ2n) is 4.10. The van der Waals surface area contributed by atoms with Gasteiger partial charge in [-0.05, 0) is 30.3 Å². The van der Waals surface area contributed by atoms with Gasteiger partial charge >= 0.3 is 0 Å². The number of hydrogen-bond acceptors (Lipinski definition) is 3. The molecule has 1 saturated heterocycles. The largest absolute Gasteiger partial charge is 0.382 e. The zero-order valence-corrected chi connectivity index (χ0v) is 10.1. The lowest BCUT2D eigenvalue weighted by Crippen LogP contribution is -2.12. The Balaban J connectivity index is 1.77. The molecule has 0 aliphatic carbocycles. The first-order chi connectivity index (χ1) is 7.38. The molecular formula is C11H19N3S. The van der Waals surface area contributed by atoms with Crippen LogP contribution in [0.1, 0.15) is 19.8 Å². The summed E-state index contributed by atoms with van der Waals surface area (Å²) in [5.41, 5.74) is 1.17. The van der Waals surface area contributed by atoms with E-state index in [9.17, 15) is 0 Å². The third-order valence-corrected chi connectivity index (χ3v) is 3.94. The molecule has 0 aromatic carbocycles. The molecule has 0 radical (unpaired) electrons. The highest BCUT2D eigenvalue weighted by molar-refractivity contribution is 7.99. The van der Waals surface area contributed by atoms with Crippen LogP contribution >= 0.6 is 11.8 Å². The minimum atomic E-state index is 0.851. The topological polar surface area (TPSA) is 29.9 Å². The highest BCUT2D eigenvalue weighted by Gasteiger charge is 2.14. The van der Waals surface area contributed by atoms with Gasteiger partial charge in [-0.3, -0.25) is 4.68 Å². The van der Waals surface area contributed by atoms with Crippen LogP contribution in [0.4, 0.5) is 5.69 Å². The zero-order valence-electron chi connectivity index (χ0n) is 9.28. The van der Waals surface area contributed by atoms with E-state index in [0.29, 0.717) is 0 Å². The van der Waals surface area contributed by atoms with Crippen LogP contribution in [0.5, 0.6) is 0 Å². The van der Waals surface area contributed by atoms with Gasteiger partial charge in [0.2, 0.25) is 0 Å². The molecule has 0 amide bonds. The predicted molar refractivity (Wildman–Crippen MR) is 66.4 cm³/mol. The van der Waals surface area contributed by atoms with Crippen LogP contribution in [0, 0.1) is 5.92 Å².